The molecule has 1 amide bonds. The van der Waals surface area contributed by atoms with Crippen molar-refractivity contribution in [2.45, 2.75) is 31.7 Å². The van der Waals surface area contributed by atoms with Gasteiger partial charge in [0.2, 0.25) is 21.1 Å². The van der Waals surface area contributed by atoms with Crippen LogP contribution in [0.2, 0.25) is 0 Å². The molecule has 0 saturated carbocycles. The number of carbonyl (C=O) groups is 1. The number of rotatable bonds is 6. The Morgan fingerprint density at radius 3 is 2.62 bits per heavy atom. The van der Waals surface area contributed by atoms with E-state index >= 15 is 0 Å². The Labute approximate surface area is 158 Å². The first-order chi connectivity index (χ1) is 12.3. The molecule has 0 bridgehead atoms. The standard InChI is InChI=1S/C14H16N6O3S3/c1-7(2)11(13(21)15-14-17-16-8(3)24-14)20-26(22,23)10-6-4-5-9-12(10)19-25-18-9/h4-7,11,20H,1-3H3,(H,15,17,21)/t11-/m0/s1. The molecule has 0 fully saturated rings. The Morgan fingerprint density at radius 1 is 1.19 bits per heavy atom. The summed E-state index contributed by atoms with van der Waals surface area (Å²) in [7, 11) is -3.97. The molecule has 2 aromatic rings. The van der Waals surface area contributed by atoms with Crippen molar-refractivity contribution in [1.29, 1.82) is 0 Å². The van der Waals surface area contributed by atoms with Crippen molar-refractivity contribution >= 4 is 55.1 Å². The Morgan fingerprint density at radius 2 is 1.96 bits per heavy atom. The number of nitrogens with zero attached hydrogens (tertiary/aromatic N) is 4. The fourth-order valence-corrected chi connectivity index (χ4v) is 4.96. The van der Waals surface area contributed by atoms with Crippen LogP contribution in [0.25, 0.3) is 0 Å². The van der Waals surface area contributed by atoms with Crippen LogP contribution in [0.4, 0.5) is 16.5 Å². The van der Waals surface area contributed by atoms with Gasteiger partial charge in [0.05, 0.1) is 11.4 Å². The van der Waals surface area contributed by atoms with Gasteiger partial charge in [-0.15, -0.1) is 10.2 Å². The smallest absolute Gasteiger partial charge is 0.244 e. The highest BCUT2D eigenvalue weighted by atomic mass is 32.2. The lowest BCUT2D eigenvalue weighted by Gasteiger charge is -2.21. The van der Waals surface area contributed by atoms with E-state index in [1.807, 2.05) is 0 Å². The summed E-state index contributed by atoms with van der Waals surface area (Å²) in [5.41, 5.74) is 0.778. The average Bonchev–Trinajstić information content (AvgIpc) is 3.20. The number of nitrogens with one attached hydrogen (secondary N) is 2. The number of benzene rings is 1. The molecule has 138 valence electrons. The maximum atomic E-state index is 12.8. The molecular weight excluding hydrogens is 396 g/mol. The van der Waals surface area contributed by atoms with E-state index in [-0.39, 0.29) is 16.5 Å². The zero-order chi connectivity index (χ0) is 18.9. The van der Waals surface area contributed by atoms with E-state index in [4.69, 9.17) is 0 Å². The maximum absolute atomic E-state index is 12.8. The van der Waals surface area contributed by atoms with Crippen LogP contribution in [-0.2, 0) is 26.2 Å². The van der Waals surface area contributed by atoms with Crippen molar-refractivity contribution in [2.24, 2.45) is 14.6 Å². The molecule has 0 radical (unpaired) electrons. The van der Waals surface area contributed by atoms with Gasteiger partial charge >= 0.3 is 0 Å². The predicted octanol–water partition coefficient (Wildman–Crippen LogP) is 2.51. The molecule has 0 aliphatic carbocycles. The lowest BCUT2D eigenvalue weighted by Crippen LogP contribution is -2.47. The molecule has 1 atom stereocenters. The van der Waals surface area contributed by atoms with Gasteiger partial charge in [0.25, 0.3) is 0 Å². The second-order valence-electron chi connectivity index (χ2n) is 5.85. The minimum atomic E-state index is -3.97. The van der Waals surface area contributed by atoms with Crippen molar-refractivity contribution in [2.75, 3.05) is 5.32 Å². The van der Waals surface area contributed by atoms with Crippen molar-refractivity contribution in [3.8, 4) is 0 Å². The molecule has 9 nitrogen and oxygen atoms in total. The zero-order valence-electron chi connectivity index (χ0n) is 14.1. The summed E-state index contributed by atoms with van der Waals surface area (Å²) in [5, 5.41) is 11.3. The Hall–Kier alpha value is -2.02. The molecule has 1 aliphatic heterocycles. The topological polar surface area (TPSA) is 126 Å². The molecular formula is C14H16N6O3S3. The van der Waals surface area contributed by atoms with E-state index in [2.05, 4.69) is 29.0 Å². The summed E-state index contributed by atoms with van der Waals surface area (Å²) in [6.07, 6.45) is 0. The van der Waals surface area contributed by atoms with Gasteiger partial charge in [-0.2, -0.15) is 13.4 Å². The maximum Gasteiger partial charge on any atom is 0.244 e. The SMILES string of the molecule is Cc1nnc(NC(=O)[C@@H](NS(=O)(=O)c2cccc3c2N=S=N3)C(C)C)s1. The predicted molar refractivity (Wildman–Crippen MR) is 100 cm³/mol. The van der Waals surface area contributed by atoms with Crippen LogP contribution in [0.1, 0.15) is 18.9 Å². The number of anilines is 1. The van der Waals surface area contributed by atoms with Gasteiger partial charge in [0.1, 0.15) is 27.3 Å². The van der Waals surface area contributed by atoms with Crippen molar-refractivity contribution in [1.82, 2.24) is 14.9 Å². The van der Waals surface area contributed by atoms with Crippen molar-refractivity contribution in [3.63, 3.8) is 0 Å². The van der Waals surface area contributed by atoms with Crippen molar-refractivity contribution < 1.29 is 13.2 Å². The van der Waals surface area contributed by atoms with Crippen LogP contribution in [-0.4, -0.2) is 30.6 Å². The summed E-state index contributed by atoms with van der Waals surface area (Å²) in [5.74, 6) is -0.783. The number of aromatic nitrogens is 2. The third-order valence-electron chi connectivity index (χ3n) is 3.53. The van der Waals surface area contributed by atoms with Gasteiger partial charge in [-0.05, 0) is 25.0 Å². The third-order valence-corrected chi connectivity index (χ3v) is 6.30. The Bertz CT molecular complexity index is 1020. The summed E-state index contributed by atoms with van der Waals surface area (Å²) in [4.78, 5) is 12.6. The largest absolute Gasteiger partial charge is 0.299 e. The normalized spacial score (nSPS) is 14.2. The number of hydrogen-bond donors (Lipinski definition) is 2. The lowest BCUT2D eigenvalue weighted by molar-refractivity contribution is -0.118. The second kappa shape index (κ2) is 7.31. The first-order valence-electron chi connectivity index (χ1n) is 7.62. The summed E-state index contributed by atoms with van der Waals surface area (Å²) in [6, 6.07) is 3.73. The van der Waals surface area contributed by atoms with E-state index in [1.165, 1.54) is 17.4 Å². The highest BCUT2D eigenvalue weighted by Crippen LogP contribution is 2.37. The molecule has 0 saturated heterocycles. The highest BCUT2D eigenvalue weighted by molar-refractivity contribution is 7.89. The zero-order valence-corrected chi connectivity index (χ0v) is 16.6. The highest BCUT2D eigenvalue weighted by Gasteiger charge is 2.31. The molecule has 2 heterocycles. The molecule has 12 heteroatoms. The Balaban J connectivity index is 1.85. The first kappa shape index (κ1) is 18.8. The Kier molecular flexibility index (Phi) is 5.27. The second-order valence-corrected chi connectivity index (χ2v) is 9.24. The minimum absolute atomic E-state index is 0.00559. The summed E-state index contributed by atoms with van der Waals surface area (Å²) in [6.45, 7) is 5.27. The quantitative estimate of drug-likeness (QED) is 0.643. The van der Waals surface area contributed by atoms with Crippen LogP contribution in [0.3, 0.4) is 0 Å². The molecule has 2 N–H and O–H groups in total. The minimum Gasteiger partial charge on any atom is -0.299 e. The van der Waals surface area contributed by atoms with Gasteiger partial charge in [-0.1, -0.05) is 31.3 Å². The van der Waals surface area contributed by atoms with Gasteiger partial charge in [0.15, 0.2) is 0 Å². The van der Waals surface area contributed by atoms with E-state index in [9.17, 15) is 13.2 Å². The van der Waals surface area contributed by atoms with Crippen LogP contribution in [0.15, 0.2) is 31.8 Å². The molecule has 1 aromatic carbocycles. The number of aryl methyl sites for hydroxylation is 1. The van der Waals surface area contributed by atoms with Crippen LogP contribution < -0.4 is 10.0 Å². The van der Waals surface area contributed by atoms with Crippen molar-refractivity contribution in [3.05, 3.63) is 23.2 Å². The average molecular weight is 413 g/mol. The fraction of sp³-hybridized carbons (Fsp3) is 0.357. The van der Waals surface area contributed by atoms with Crippen LogP contribution in [0.5, 0.6) is 0 Å². The van der Waals surface area contributed by atoms with Gasteiger partial charge in [-0.3, -0.25) is 10.1 Å². The number of amides is 1. The van der Waals surface area contributed by atoms with E-state index in [0.29, 0.717) is 15.8 Å². The monoisotopic (exact) mass is 412 g/mol. The first-order valence-corrected chi connectivity index (χ1v) is 10.7. The molecule has 3 rings (SSSR count). The number of carbonyl (C=O) groups excluding carboxylic acids is 1. The van der Waals surface area contributed by atoms with E-state index in [0.717, 1.165) is 11.4 Å². The van der Waals surface area contributed by atoms with Gasteiger partial charge in [-0.25, -0.2) is 8.42 Å². The van der Waals surface area contributed by atoms with Crippen LogP contribution >= 0.6 is 11.3 Å². The van der Waals surface area contributed by atoms with Gasteiger partial charge in [0, 0.05) is 0 Å². The fourth-order valence-electron chi connectivity index (χ4n) is 2.25. The molecule has 0 unspecified atom stereocenters. The van der Waals surface area contributed by atoms with E-state index in [1.54, 1.807) is 32.9 Å². The number of hydrogen-bond acceptors (Lipinski definition) is 8. The van der Waals surface area contributed by atoms with Gasteiger partial charge < -0.3 is 0 Å². The van der Waals surface area contributed by atoms with E-state index < -0.39 is 22.0 Å². The number of fused-ring (bicyclic) bond motifs is 1. The number of sulfonamides is 1. The molecule has 1 aliphatic rings. The molecule has 0 spiro atoms. The third kappa shape index (κ3) is 3.87. The van der Waals surface area contributed by atoms with Crippen LogP contribution in [0, 0.1) is 12.8 Å². The lowest BCUT2D eigenvalue weighted by atomic mass is 10.1. The molecule has 26 heavy (non-hydrogen) atoms. The summed E-state index contributed by atoms with van der Waals surface area (Å²) < 4.78 is 36.2. The summed E-state index contributed by atoms with van der Waals surface area (Å²) >= 11 is 2.15. The molecule has 1 aromatic heterocycles.